The number of carbonyl (C=O) groups is 1. The number of hydrogen-bond donors (Lipinski definition) is 2. The van der Waals surface area contributed by atoms with E-state index in [1.807, 2.05) is 7.05 Å². The molecular weight excluding hydrogens is 228 g/mol. The van der Waals surface area contributed by atoms with Crippen LogP contribution in [0.1, 0.15) is 39.5 Å². The third-order valence-corrected chi connectivity index (χ3v) is 4.68. The standard InChI is InChI=1S/C14H26N2O2/c1-13(2)6-4-5-11(13)12(17)16(3)10-14(18)7-8-15-9-14/h11,15,18H,4-10H2,1-3H3. The fourth-order valence-electron chi connectivity index (χ4n) is 3.44. The fraction of sp³-hybridized carbons (Fsp3) is 0.929. The van der Waals surface area contributed by atoms with Crippen LogP contribution in [0.25, 0.3) is 0 Å². The molecule has 1 aliphatic heterocycles. The van der Waals surface area contributed by atoms with E-state index < -0.39 is 5.60 Å². The lowest BCUT2D eigenvalue weighted by atomic mass is 9.81. The Morgan fingerprint density at radius 3 is 2.67 bits per heavy atom. The van der Waals surface area contributed by atoms with Gasteiger partial charge in [0.2, 0.25) is 5.91 Å². The molecule has 2 N–H and O–H groups in total. The summed E-state index contributed by atoms with van der Waals surface area (Å²) in [5.41, 5.74) is -0.616. The molecule has 2 atom stereocenters. The smallest absolute Gasteiger partial charge is 0.226 e. The second-order valence-corrected chi connectivity index (χ2v) is 6.78. The summed E-state index contributed by atoms with van der Waals surface area (Å²) in [5.74, 6) is 0.332. The molecule has 1 saturated heterocycles. The zero-order chi connectivity index (χ0) is 13.4. The molecule has 0 spiro atoms. The highest BCUT2D eigenvalue weighted by atomic mass is 16.3. The fourth-order valence-corrected chi connectivity index (χ4v) is 3.44. The number of aliphatic hydroxyl groups is 1. The Balaban J connectivity index is 1.96. The average molecular weight is 254 g/mol. The molecule has 2 rings (SSSR count). The molecule has 1 saturated carbocycles. The van der Waals surface area contributed by atoms with Crippen LogP contribution in [-0.2, 0) is 4.79 Å². The third kappa shape index (κ3) is 2.69. The largest absolute Gasteiger partial charge is 0.387 e. The van der Waals surface area contributed by atoms with Gasteiger partial charge in [-0.05, 0) is 31.2 Å². The summed E-state index contributed by atoms with van der Waals surface area (Å²) in [4.78, 5) is 14.2. The van der Waals surface area contributed by atoms with E-state index >= 15 is 0 Å². The molecule has 0 bridgehead atoms. The SMILES string of the molecule is CN(CC1(O)CCNC1)C(=O)C1CCCC1(C)C. The highest BCUT2D eigenvalue weighted by Gasteiger charge is 2.42. The van der Waals surface area contributed by atoms with E-state index in [4.69, 9.17) is 0 Å². The zero-order valence-electron chi connectivity index (χ0n) is 11.8. The summed E-state index contributed by atoms with van der Waals surface area (Å²) >= 11 is 0. The van der Waals surface area contributed by atoms with Crippen molar-refractivity contribution in [1.82, 2.24) is 10.2 Å². The Bertz CT molecular complexity index is 322. The van der Waals surface area contributed by atoms with E-state index in [0.717, 1.165) is 32.2 Å². The summed E-state index contributed by atoms with van der Waals surface area (Å²) in [6.45, 7) is 6.25. The topological polar surface area (TPSA) is 52.6 Å². The first-order valence-electron chi connectivity index (χ1n) is 7.02. The first-order valence-corrected chi connectivity index (χ1v) is 7.02. The molecule has 2 aliphatic rings. The van der Waals surface area contributed by atoms with Gasteiger partial charge in [-0.2, -0.15) is 0 Å². The van der Waals surface area contributed by atoms with Crippen molar-refractivity contribution in [3.63, 3.8) is 0 Å². The monoisotopic (exact) mass is 254 g/mol. The lowest BCUT2D eigenvalue weighted by molar-refractivity contribution is -0.140. The molecule has 1 amide bonds. The summed E-state index contributed by atoms with van der Waals surface area (Å²) in [5, 5.41) is 13.5. The van der Waals surface area contributed by atoms with Gasteiger partial charge in [-0.25, -0.2) is 0 Å². The molecule has 2 fully saturated rings. The summed E-state index contributed by atoms with van der Waals surface area (Å²) in [6, 6.07) is 0. The van der Waals surface area contributed by atoms with Gasteiger partial charge < -0.3 is 15.3 Å². The maximum atomic E-state index is 12.5. The van der Waals surface area contributed by atoms with Gasteiger partial charge in [0.1, 0.15) is 0 Å². The summed E-state index contributed by atoms with van der Waals surface area (Å²) in [6.07, 6.45) is 4.00. The lowest BCUT2D eigenvalue weighted by Gasteiger charge is -2.33. The van der Waals surface area contributed by atoms with Gasteiger partial charge in [0.25, 0.3) is 0 Å². The van der Waals surface area contributed by atoms with Gasteiger partial charge in [0.05, 0.1) is 12.1 Å². The van der Waals surface area contributed by atoms with Crippen molar-refractivity contribution >= 4 is 5.91 Å². The van der Waals surface area contributed by atoms with Crippen LogP contribution in [0.5, 0.6) is 0 Å². The van der Waals surface area contributed by atoms with Crippen molar-refractivity contribution in [2.45, 2.75) is 45.1 Å². The van der Waals surface area contributed by atoms with Crippen molar-refractivity contribution in [2.75, 3.05) is 26.7 Å². The van der Waals surface area contributed by atoms with Crippen LogP contribution in [0.2, 0.25) is 0 Å². The molecule has 0 radical (unpaired) electrons. The van der Waals surface area contributed by atoms with E-state index in [9.17, 15) is 9.90 Å². The highest BCUT2D eigenvalue weighted by Crippen LogP contribution is 2.43. The van der Waals surface area contributed by atoms with Gasteiger partial charge >= 0.3 is 0 Å². The molecule has 4 heteroatoms. The van der Waals surface area contributed by atoms with Gasteiger partial charge in [0.15, 0.2) is 0 Å². The molecule has 0 aromatic heterocycles. The zero-order valence-corrected chi connectivity index (χ0v) is 11.8. The molecule has 18 heavy (non-hydrogen) atoms. The van der Waals surface area contributed by atoms with E-state index in [1.165, 1.54) is 0 Å². The number of β-amino-alcohol motifs (C(OH)–C–C–N with tert-alkyl or cyclic N) is 1. The average Bonchev–Trinajstić information content (AvgIpc) is 2.83. The van der Waals surface area contributed by atoms with E-state index in [-0.39, 0.29) is 17.2 Å². The number of amides is 1. The number of carbonyl (C=O) groups excluding carboxylic acids is 1. The second kappa shape index (κ2) is 4.82. The Morgan fingerprint density at radius 1 is 1.44 bits per heavy atom. The van der Waals surface area contributed by atoms with Gasteiger partial charge in [-0.15, -0.1) is 0 Å². The summed E-state index contributed by atoms with van der Waals surface area (Å²) < 4.78 is 0. The number of nitrogens with zero attached hydrogens (tertiary/aromatic N) is 1. The first kappa shape index (κ1) is 13.8. The van der Waals surface area contributed by atoms with Crippen LogP contribution in [0.15, 0.2) is 0 Å². The van der Waals surface area contributed by atoms with E-state index in [1.54, 1.807) is 4.90 Å². The number of nitrogens with one attached hydrogen (secondary N) is 1. The van der Waals surface area contributed by atoms with Crippen LogP contribution < -0.4 is 5.32 Å². The van der Waals surface area contributed by atoms with Crippen molar-refractivity contribution in [3.8, 4) is 0 Å². The molecule has 4 nitrogen and oxygen atoms in total. The Hall–Kier alpha value is -0.610. The lowest BCUT2D eigenvalue weighted by Crippen LogP contribution is -2.48. The van der Waals surface area contributed by atoms with E-state index in [0.29, 0.717) is 13.1 Å². The van der Waals surface area contributed by atoms with Gasteiger partial charge in [0, 0.05) is 19.5 Å². The van der Waals surface area contributed by atoms with Crippen LogP contribution in [0.3, 0.4) is 0 Å². The Labute approximate surface area is 110 Å². The second-order valence-electron chi connectivity index (χ2n) is 6.78. The van der Waals surface area contributed by atoms with Crippen molar-refractivity contribution < 1.29 is 9.90 Å². The molecule has 0 aromatic carbocycles. The van der Waals surface area contributed by atoms with Crippen LogP contribution >= 0.6 is 0 Å². The van der Waals surface area contributed by atoms with E-state index in [2.05, 4.69) is 19.2 Å². The minimum atomic E-state index is -0.729. The third-order valence-electron chi connectivity index (χ3n) is 4.68. The molecular formula is C14H26N2O2. The molecule has 1 heterocycles. The summed E-state index contributed by atoms with van der Waals surface area (Å²) in [7, 11) is 1.83. The van der Waals surface area contributed by atoms with Crippen molar-refractivity contribution in [2.24, 2.45) is 11.3 Å². The predicted octanol–water partition coefficient (Wildman–Crippen LogP) is 0.995. The first-order chi connectivity index (χ1) is 8.34. The van der Waals surface area contributed by atoms with Crippen molar-refractivity contribution in [3.05, 3.63) is 0 Å². The number of rotatable bonds is 3. The van der Waals surface area contributed by atoms with Crippen LogP contribution in [0, 0.1) is 11.3 Å². The minimum Gasteiger partial charge on any atom is -0.387 e. The molecule has 104 valence electrons. The minimum absolute atomic E-state index is 0.113. The number of likely N-dealkylation sites (N-methyl/N-ethyl adjacent to an activating group) is 1. The quantitative estimate of drug-likeness (QED) is 0.790. The van der Waals surface area contributed by atoms with Gasteiger partial charge in [-0.3, -0.25) is 4.79 Å². The maximum absolute atomic E-state index is 12.5. The predicted molar refractivity (Wildman–Crippen MR) is 71.2 cm³/mol. The maximum Gasteiger partial charge on any atom is 0.226 e. The highest BCUT2D eigenvalue weighted by molar-refractivity contribution is 5.79. The number of hydrogen-bond acceptors (Lipinski definition) is 3. The molecule has 2 unspecified atom stereocenters. The van der Waals surface area contributed by atoms with Crippen LogP contribution in [0.4, 0.5) is 0 Å². The van der Waals surface area contributed by atoms with Gasteiger partial charge in [-0.1, -0.05) is 20.3 Å². The Morgan fingerprint density at radius 2 is 2.17 bits per heavy atom. The molecule has 1 aliphatic carbocycles. The van der Waals surface area contributed by atoms with Crippen molar-refractivity contribution in [1.29, 1.82) is 0 Å². The molecule has 0 aromatic rings. The van der Waals surface area contributed by atoms with Crippen LogP contribution in [-0.4, -0.2) is 48.2 Å². The Kier molecular flexibility index (Phi) is 3.70. The normalized spacial score (nSPS) is 34.8.